The first-order valence-corrected chi connectivity index (χ1v) is 12.3. The number of benzene rings is 1. The molecule has 10 nitrogen and oxygen atoms in total. The number of allylic oxidation sites excluding steroid dienone is 2. The molecule has 2 fully saturated rings. The number of hydrogen-bond acceptors (Lipinski definition) is 6. The number of amides is 4. The Morgan fingerprint density at radius 1 is 1.19 bits per heavy atom. The Labute approximate surface area is 215 Å². The molecule has 0 saturated carbocycles. The molecule has 3 N–H and O–H groups in total. The molecule has 0 bridgehead atoms. The highest BCUT2D eigenvalue weighted by molar-refractivity contribution is 6.10. The monoisotopic (exact) mass is 502 g/mol. The smallest absolute Gasteiger partial charge is 0.323 e. The standard InChI is InChI=1S/C27H30N6O4/c1-31-10-12-32(13-11-31)23(28)19-5-3-4-18(14-19)8-9-27(25(35)29-26(36)30-27)17-33-16-20-6-7-21(37-2)15-22(20)24(33)34/h5-7,14-15,28H,3-4,10-13,16-17H2,1-2H3,(H2,29,30,35,36)/t27-/m1/s1. The van der Waals surface area contributed by atoms with E-state index in [9.17, 15) is 14.4 Å². The lowest BCUT2D eigenvalue weighted by atomic mass is 9.95. The average Bonchev–Trinajstić information content (AvgIpc) is 3.36. The number of nitrogens with one attached hydrogen (secondary N) is 3. The van der Waals surface area contributed by atoms with E-state index in [0.717, 1.165) is 49.3 Å². The zero-order valence-electron chi connectivity index (χ0n) is 21.0. The fourth-order valence-electron chi connectivity index (χ4n) is 4.98. The molecule has 192 valence electrons. The zero-order chi connectivity index (χ0) is 26.2. The SMILES string of the molecule is COc1ccc2c(c1)C(=O)N(C[C@@]1(C#CC3=CC(C(=N)N4CCN(C)CC4)=CCC3)NC(=O)NC1=O)C2. The van der Waals surface area contributed by atoms with E-state index in [1.807, 2.05) is 18.2 Å². The van der Waals surface area contributed by atoms with Gasteiger partial charge >= 0.3 is 6.03 Å². The van der Waals surface area contributed by atoms with Crippen molar-refractivity contribution in [1.29, 1.82) is 5.41 Å². The molecule has 5 rings (SSSR count). The van der Waals surface area contributed by atoms with E-state index in [-0.39, 0.29) is 12.5 Å². The first-order valence-electron chi connectivity index (χ1n) is 12.3. The molecule has 0 unspecified atom stereocenters. The van der Waals surface area contributed by atoms with Crippen LogP contribution in [0.1, 0.15) is 28.8 Å². The van der Waals surface area contributed by atoms with Gasteiger partial charge in [-0.2, -0.15) is 0 Å². The molecule has 3 heterocycles. The van der Waals surface area contributed by atoms with Crippen molar-refractivity contribution in [3.05, 3.63) is 52.6 Å². The summed E-state index contributed by atoms with van der Waals surface area (Å²) >= 11 is 0. The maximum Gasteiger partial charge on any atom is 0.323 e. The number of carbonyl (C=O) groups is 3. The van der Waals surface area contributed by atoms with Gasteiger partial charge in [0.2, 0.25) is 5.54 Å². The van der Waals surface area contributed by atoms with Crippen LogP contribution in [0.4, 0.5) is 4.79 Å². The summed E-state index contributed by atoms with van der Waals surface area (Å²) in [7, 11) is 3.61. The van der Waals surface area contributed by atoms with Gasteiger partial charge in [-0.05, 0) is 43.7 Å². The quantitative estimate of drug-likeness (QED) is 0.246. The van der Waals surface area contributed by atoms with Crippen LogP contribution < -0.4 is 15.4 Å². The number of urea groups is 1. The van der Waals surface area contributed by atoms with Crippen molar-refractivity contribution in [2.45, 2.75) is 24.9 Å². The minimum atomic E-state index is -1.56. The van der Waals surface area contributed by atoms with Crippen molar-refractivity contribution in [1.82, 2.24) is 25.3 Å². The molecule has 1 aromatic carbocycles. The van der Waals surface area contributed by atoms with Gasteiger partial charge < -0.3 is 24.8 Å². The molecule has 10 heteroatoms. The third-order valence-electron chi connectivity index (χ3n) is 7.20. The number of carbonyl (C=O) groups excluding carboxylic acids is 3. The van der Waals surface area contributed by atoms with Crippen LogP contribution in [0.3, 0.4) is 0 Å². The Hall–Kier alpha value is -4.10. The van der Waals surface area contributed by atoms with Crippen molar-refractivity contribution in [3.63, 3.8) is 0 Å². The normalized spacial score (nSPS) is 23.5. The summed E-state index contributed by atoms with van der Waals surface area (Å²) in [6, 6.07) is 4.66. The number of piperazine rings is 1. The molecule has 0 radical (unpaired) electrons. The first-order chi connectivity index (χ1) is 17.8. The van der Waals surface area contributed by atoms with E-state index in [2.05, 4.69) is 39.3 Å². The lowest BCUT2D eigenvalue weighted by Gasteiger charge is -2.34. The fourth-order valence-corrected chi connectivity index (χ4v) is 4.98. The van der Waals surface area contributed by atoms with Gasteiger partial charge in [-0.25, -0.2) is 4.79 Å². The van der Waals surface area contributed by atoms with Crippen molar-refractivity contribution in [2.24, 2.45) is 0 Å². The number of nitrogens with zero attached hydrogens (tertiary/aromatic N) is 3. The zero-order valence-corrected chi connectivity index (χ0v) is 21.0. The molecule has 3 aliphatic heterocycles. The summed E-state index contributed by atoms with van der Waals surface area (Å²) in [6.45, 7) is 3.65. The van der Waals surface area contributed by atoms with Crippen LogP contribution in [-0.4, -0.2) is 90.8 Å². The van der Waals surface area contributed by atoms with Crippen molar-refractivity contribution < 1.29 is 19.1 Å². The van der Waals surface area contributed by atoms with E-state index >= 15 is 0 Å². The van der Waals surface area contributed by atoms with Crippen LogP contribution in [0.5, 0.6) is 5.75 Å². The minimum absolute atomic E-state index is 0.0828. The Balaban J connectivity index is 1.36. The van der Waals surface area contributed by atoms with Crippen LogP contribution in [-0.2, 0) is 11.3 Å². The lowest BCUT2D eigenvalue weighted by Crippen LogP contribution is -2.54. The van der Waals surface area contributed by atoms with Crippen LogP contribution in [0, 0.1) is 17.3 Å². The summed E-state index contributed by atoms with van der Waals surface area (Å²) < 4.78 is 5.24. The third kappa shape index (κ3) is 4.82. The van der Waals surface area contributed by atoms with E-state index in [1.165, 1.54) is 12.0 Å². The highest BCUT2D eigenvalue weighted by Gasteiger charge is 2.48. The van der Waals surface area contributed by atoms with E-state index < -0.39 is 17.5 Å². The van der Waals surface area contributed by atoms with Crippen molar-refractivity contribution >= 4 is 23.7 Å². The summed E-state index contributed by atoms with van der Waals surface area (Å²) in [5, 5.41) is 13.6. The van der Waals surface area contributed by atoms with E-state index in [1.54, 1.807) is 12.1 Å². The molecule has 2 saturated heterocycles. The number of hydrogen-bond donors (Lipinski definition) is 3. The van der Waals surface area contributed by atoms with Crippen LogP contribution in [0.15, 0.2) is 41.5 Å². The largest absolute Gasteiger partial charge is 0.497 e. The van der Waals surface area contributed by atoms with Gasteiger partial charge in [0.15, 0.2) is 0 Å². The second kappa shape index (κ2) is 9.75. The summed E-state index contributed by atoms with van der Waals surface area (Å²) in [6.07, 6.45) is 5.34. The Bertz CT molecular complexity index is 1300. The lowest BCUT2D eigenvalue weighted by molar-refractivity contribution is -0.122. The molecule has 0 aromatic heterocycles. The minimum Gasteiger partial charge on any atom is -0.497 e. The first kappa shape index (κ1) is 24.6. The maximum atomic E-state index is 13.1. The number of fused-ring (bicyclic) bond motifs is 1. The fraction of sp³-hybridized carbons (Fsp3) is 0.407. The van der Waals surface area contributed by atoms with E-state index in [0.29, 0.717) is 30.1 Å². The topological polar surface area (TPSA) is 118 Å². The number of amidine groups is 1. The van der Waals surface area contributed by atoms with Crippen LogP contribution in [0.2, 0.25) is 0 Å². The number of imide groups is 1. The highest BCUT2D eigenvalue weighted by atomic mass is 16.5. The molecular formula is C27H30N6O4. The third-order valence-corrected chi connectivity index (χ3v) is 7.20. The van der Waals surface area contributed by atoms with Gasteiger partial charge in [0, 0.05) is 49.4 Å². The molecule has 4 aliphatic rings. The average molecular weight is 503 g/mol. The number of likely N-dealkylation sites (N-methyl/N-ethyl adjacent to an activating group) is 1. The molecular weight excluding hydrogens is 472 g/mol. The number of ether oxygens (including phenoxy) is 1. The van der Waals surface area contributed by atoms with Gasteiger partial charge in [0.25, 0.3) is 11.8 Å². The molecule has 0 spiro atoms. The molecule has 4 amide bonds. The van der Waals surface area contributed by atoms with Gasteiger partial charge in [-0.15, -0.1) is 0 Å². The summed E-state index contributed by atoms with van der Waals surface area (Å²) in [5.74, 6) is 6.31. The predicted octanol–water partition coefficient (Wildman–Crippen LogP) is 1.10. The second-order valence-corrected chi connectivity index (χ2v) is 9.75. The molecule has 1 aliphatic carbocycles. The van der Waals surface area contributed by atoms with E-state index in [4.69, 9.17) is 10.1 Å². The second-order valence-electron chi connectivity index (χ2n) is 9.75. The number of rotatable bonds is 4. The van der Waals surface area contributed by atoms with Crippen molar-refractivity contribution in [2.75, 3.05) is 46.9 Å². The Morgan fingerprint density at radius 3 is 2.68 bits per heavy atom. The van der Waals surface area contributed by atoms with Gasteiger partial charge in [0.05, 0.1) is 13.7 Å². The molecule has 37 heavy (non-hydrogen) atoms. The van der Waals surface area contributed by atoms with Gasteiger partial charge in [-0.1, -0.05) is 24.0 Å². The summed E-state index contributed by atoms with van der Waals surface area (Å²) in [4.78, 5) is 44.0. The van der Waals surface area contributed by atoms with Crippen LogP contribution in [0.25, 0.3) is 0 Å². The highest BCUT2D eigenvalue weighted by Crippen LogP contribution is 2.29. The van der Waals surface area contributed by atoms with Crippen LogP contribution >= 0.6 is 0 Å². The Morgan fingerprint density at radius 2 is 1.97 bits per heavy atom. The van der Waals surface area contributed by atoms with Crippen molar-refractivity contribution in [3.8, 4) is 17.6 Å². The van der Waals surface area contributed by atoms with Gasteiger partial charge in [-0.3, -0.25) is 20.3 Å². The molecule has 1 atom stereocenters. The molecule has 1 aromatic rings. The summed E-state index contributed by atoms with van der Waals surface area (Å²) in [5.41, 5.74) is 1.37. The Kier molecular flexibility index (Phi) is 6.48. The predicted molar refractivity (Wildman–Crippen MR) is 137 cm³/mol. The number of methoxy groups -OCH3 is 1. The van der Waals surface area contributed by atoms with Gasteiger partial charge in [0.1, 0.15) is 11.6 Å². The maximum absolute atomic E-state index is 13.1.